The van der Waals surface area contributed by atoms with Crippen molar-refractivity contribution in [2.24, 2.45) is 0 Å². The Bertz CT molecular complexity index is 437. The summed E-state index contributed by atoms with van der Waals surface area (Å²) in [5, 5.41) is 3.51. The zero-order chi connectivity index (χ0) is 14.5. The second-order valence-corrected chi connectivity index (χ2v) is 5.96. The number of likely N-dealkylation sites (tertiary alicyclic amines) is 1. The van der Waals surface area contributed by atoms with Crippen molar-refractivity contribution in [3.63, 3.8) is 0 Å². The Morgan fingerprint density at radius 3 is 2.70 bits per heavy atom. The third-order valence-corrected chi connectivity index (χ3v) is 4.15. The number of halogens is 3. The highest BCUT2D eigenvalue weighted by molar-refractivity contribution is 9.10. The highest BCUT2D eigenvalue weighted by atomic mass is 79.9. The Morgan fingerprint density at radius 1 is 1.40 bits per heavy atom. The predicted molar refractivity (Wildman–Crippen MR) is 78.1 cm³/mol. The fraction of sp³-hybridized carbons (Fsp3) is 0.571. The van der Waals surface area contributed by atoms with E-state index >= 15 is 0 Å². The van der Waals surface area contributed by atoms with Crippen LogP contribution in [0.2, 0.25) is 0 Å². The van der Waals surface area contributed by atoms with Crippen LogP contribution in [0.4, 0.5) is 8.78 Å². The third-order valence-electron chi connectivity index (χ3n) is 3.53. The quantitative estimate of drug-likeness (QED) is 0.883. The number of piperidine rings is 1. The lowest BCUT2D eigenvalue weighted by Gasteiger charge is -2.29. The molecule has 1 aliphatic heterocycles. The molecule has 0 aromatic heterocycles. The zero-order valence-corrected chi connectivity index (χ0v) is 13.0. The van der Waals surface area contributed by atoms with Crippen LogP contribution in [-0.2, 0) is 6.54 Å². The summed E-state index contributed by atoms with van der Waals surface area (Å²) in [6, 6.07) is 5.73. The molecule has 1 aliphatic rings. The number of hydrogen-bond acceptors (Lipinski definition) is 3. The minimum Gasteiger partial charge on any atom is -0.434 e. The fourth-order valence-electron chi connectivity index (χ4n) is 2.32. The molecule has 0 aliphatic carbocycles. The summed E-state index contributed by atoms with van der Waals surface area (Å²) < 4.78 is 29.3. The summed E-state index contributed by atoms with van der Waals surface area (Å²) in [5.41, 5.74) is 1.05. The van der Waals surface area contributed by atoms with Gasteiger partial charge in [0.25, 0.3) is 0 Å². The van der Waals surface area contributed by atoms with Gasteiger partial charge in [-0.1, -0.05) is 6.07 Å². The fourth-order valence-corrected chi connectivity index (χ4v) is 2.84. The summed E-state index contributed by atoms with van der Waals surface area (Å²) in [6.45, 7) is 0.169. The first-order chi connectivity index (χ1) is 9.54. The SMILES string of the molecule is CN1CCC(NCc2ccc(OC(F)F)c(Br)c2)CC1. The molecule has 2 rings (SSSR count). The summed E-state index contributed by atoms with van der Waals surface area (Å²) in [4.78, 5) is 2.32. The van der Waals surface area contributed by atoms with Crippen LogP contribution < -0.4 is 10.1 Å². The molecule has 0 radical (unpaired) electrons. The normalized spacial score (nSPS) is 17.6. The van der Waals surface area contributed by atoms with E-state index in [-0.39, 0.29) is 5.75 Å². The topological polar surface area (TPSA) is 24.5 Å². The largest absolute Gasteiger partial charge is 0.434 e. The standard InChI is InChI=1S/C14H19BrF2N2O/c1-19-6-4-11(5-7-19)18-9-10-2-3-13(12(15)8-10)20-14(16)17/h2-3,8,11,14,18H,4-7,9H2,1H3. The molecule has 6 heteroatoms. The van der Waals surface area contributed by atoms with E-state index in [9.17, 15) is 8.78 Å². The summed E-state index contributed by atoms with van der Waals surface area (Å²) in [5.74, 6) is 0.169. The van der Waals surface area contributed by atoms with Crippen LogP contribution in [0, 0.1) is 0 Å². The van der Waals surface area contributed by atoms with Gasteiger partial charge in [0, 0.05) is 12.6 Å². The number of alkyl halides is 2. The van der Waals surface area contributed by atoms with Gasteiger partial charge in [-0.15, -0.1) is 0 Å². The first-order valence-electron chi connectivity index (χ1n) is 6.70. The Morgan fingerprint density at radius 2 is 2.10 bits per heavy atom. The Hall–Kier alpha value is -0.720. The average Bonchev–Trinajstić information content (AvgIpc) is 2.40. The second-order valence-electron chi connectivity index (χ2n) is 5.10. The van der Waals surface area contributed by atoms with Gasteiger partial charge in [0.05, 0.1) is 4.47 Å². The van der Waals surface area contributed by atoms with Crippen molar-refractivity contribution >= 4 is 15.9 Å². The van der Waals surface area contributed by atoms with Crippen molar-refractivity contribution in [3.8, 4) is 5.75 Å². The monoisotopic (exact) mass is 348 g/mol. The van der Waals surface area contributed by atoms with Crippen molar-refractivity contribution in [1.29, 1.82) is 0 Å². The lowest BCUT2D eigenvalue weighted by Crippen LogP contribution is -2.40. The molecule has 1 aromatic rings. The molecule has 3 nitrogen and oxygen atoms in total. The van der Waals surface area contributed by atoms with Gasteiger partial charge in [0.1, 0.15) is 5.75 Å². The van der Waals surface area contributed by atoms with Crippen LogP contribution in [-0.4, -0.2) is 37.7 Å². The van der Waals surface area contributed by atoms with E-state index in [1.54, 1.807) is 6.07 Å². The van der Waals surface area contributed by atoms with Crippen molar-refractivity contribution in [2.75, 3.05) is 20.1 Å². The van der Waals surface area contributed by atoms with Gasteiger partial charge in [-0.3, -0.25) is 0 Å². The molecular formula is C14H19BrF2N2O. The lowest BCUT2D eigenvalue weighted by atomic mass is 10.1. The summed E-state index contributed by atoms with van der Waals surface area (Å²) >= 11 is 3.26. The number of hydrogen-bond donors (Lipinski definition) is 1. The van der Waals surface area contributed by atoms with Crippen LogP contribution >= 0.6 is 15.9 Å². The predicted octanol–water partition coefficient (Wildman–Crippen LogP) is 3.23. The first kappa shape index (κ1) is 15.7. The van der Waals surface area contributed by atoms with Gasteiger partial charge in [-0.25, -0.2) is 0 Å². The average molecular weight is 349 g/mol. The molecule has 0 spiro atoms. The Kier molecular flexibility index (Phi) is 5.74. The molecule has 1 N–H and O–H groups in total. The van der Waals surface area contributed by atoms with Gasteiger partial charge in [0.15, 0.2) is 0 Å². The maximum Gasteiger partial charge on any atom is 0.387 e. The minimum absolute atomic E-state index is 0.169. The van der Waals surface area contributed by atoms with E-state index in [2.05, 4.69) is 37.9 Å². The molecule has 0 unspecified atom stereocenters. The molecule has 0 saturated carbocycles. The Balaban J connectivity index is 1.85. The molecular weight excluding hydrogens is 330 g/mol. The number of rotatable bonds is 5. The number of benzene rings is 1. The van der Waals surface area contributed by atoms with Gasteiger partial charge in [-0.05, 0) is 66.6 Å². The minimum atomic E-state index is -2.80. The maximum atomic E-state index is 12.2. The molecule has 1 fully saturated rings. The van der Waals surface area contributed by atoms with Crippen LogP contribution in [0.15, 0.2) is 22.7 Å². The molecule has 0 amide bonds. The maximum absolute atomic E-state index is 12.2. The van der Waals surface area contributed by atoms with E-state index in [0.717, 1.165) is 38.0 Å². The number of nitrogens with zero attached hydrogens (tertiary/aromatic N) is 1. The van der Waals surface area contributed by atoms with E-state index in [0.29, 0.717) is 10.5 Å². The van der Waals surface area contributed by atoms with Gasteiger partial charge >= 0.3 is 6.61 Å². The van der Waals surface area contributed by atoms with E-state index < -0.39 is 6.61 Å². The zero-order valence-electron chi connectivity index (χ0n) is 11.4. The van der Waals surface area contributed by atoms with Crippen LogP contribution in [0.3, 0.4) is 0 Å². The van der Waals surface area contributed by atoms with Crippen molar-refractivity contribution in [1.82, 2.24) is 10.2 Å². The smallest absolute Gasteiger partial charge is 0.387 e. The van der Waals surface area contributed by atoms with Crippen molar-refractivity contribution in [3.05, 3.63) is 28.2 Å². The number of nitrogens with one attached hydrogen (secondary N) is 1. The van der Waals surface area contributed by atoms with E-state index in [1.165, 1.54) is 0 Å². The molecule has 0 bridgehead atoms. The third kappa shape index (κ3) is 4.68. The molecule has 1 saturated heterocycles. The molecule has 0 atom stereocenters. The van der Waals surface area contributed by atoms with E-state index in [4.69, 9.17) is 0 Å². The molecule has 1 heterocycles. The van der Waals surface area contributed by atoms with E-state index in [1.807, 2.05) is 12.1 Å². The van der Waals surface area contributed by atoms with Crippen molar-refractivity contribution in [2.45, 2.75) is 32.0 Å². The highest BCUT2D eigenvalue weighted by Crippen LogP contribution is 2.27. The first-order valence-corrected chi connectivity index (χ1v) is 7.49. The molecule has 20 heavy (non-hydrogen) atoms. The van der Waals surface area contributed by atoms with Crippen molar-refractivity contribution < 1.29 is 13.5 Å². The number of ether oxygens (including phenoxy) is 1. The van der Waals surface area contributed by atoms with Crippen LogP contribution in [0.25, 0.3) is 0 Å². The van der Waals surface area contributed by atoms with Gasteiger partial charge < -0.3 is 15.0 Å². The molecule has 1 aromatic carbocycles. The van der Waals surface area contributed by atoms with Crippen LogP contribution in [0.5, 0.6) is 5.75 Å². The van der Waals surface area contributed by atoms with Gasteiger partial charge in [-0.2, -0.15) is 8.78 Å². The summed E-state index contributed by atoms with van der Waals surface area (Å²) in [7, 11) is 2.13. The second kappa shape index (κ2) is 7.33. The lowest BCUT2D eigenvalue weighted by molar-refractivity contribution is -0.0503. The molecule has 112 valence electrons. The highest BCUT2D eigenvalue weighted by Gasteiger charge is 2.16. The Labute approximate surface area is 126 Å². The summed E-state index contributed by atoms with van der Waals surface area (Å²) in [6.07, 6.45) is 2.29. The van der Waals surface area contributed by atoms with Gasteiger partial charge in [0.2, 0.25) is 0 Å². The van der Waals surface area contributed by atoms with Crippen LogP contribution in [0.1, 0.15) is 18.4 Å².